The molecule has 0 unspecified atom stereocenters. The van der Waals surface area contributed by atoms with E-state index in [9.17, 15) is 4.79 Å². The lowest BCUT2D eigenvalue weighted by Gasteiger charge is -2.21. The molecule has 0 saturated carbocycles. The average molecular weight is 435 g/mol. The highest BCUT2D eigenvalue weighted by molar-refractivity contribution is 7.99. The Kier molecular flexibility index (Phi) is 8.42. The summed E-state index contributed by atoms with van der Waals surface area (Å²) in [5.74, 6) is 1.73. The summed E-state index contributed by atoms with van der Waals surface area (Å²) in [7, 11) is 0. The molecule has 1 saturated heterocycles. The second-order valence-electron chi connectivity index (χ2n) is 7.69. The van der Waals surface area contributed by atoms with Crippen molar-refractivity contribution < 1.29 is 4.79 Å². The van der Waals surface area contributed by atoms with Crippen molar-refractivity contribution in [2.24, 2.45) is 0 Å². The van der Waals surface area contributed by atoms with Crippen LogP contribution in [-0.2, 0) is 4.79 Å². The summed E-state index contributed by atoms with van der Waals surface area (Å²) < 4.78 is 0. The van der Waals surface area contributed by atoms with Crippen LogP contribution in [0.4, 0.5) is 11.4 Å². The fraction of sp³-hybridized carbons (Fsp3) is 0.370. The van der Waals surface area contributed by atoms with Crippen molar-refractivity contribution in [3.05, 3.63) is 70.8 Å². The molecule has 1 fully saturated rings. The SMILES string of the molecule is CCN(CC)c1ccc(C=C2CSCC(=Cc3ccc(N(CC)CC)cc3)C2=O)cc1. The summed E-state index contributed by atoms with van der Waals surface area (Å²) in [6.45, 7) is 12.7. The minimum atomic E-state index is 0.180. The molecule has 4 heteroatoms. The summed E-state index contributed by atoms with van der Waals surface area (Å²) in [4.78, 5) is 17.8. The Balaban J connectivity index is 1.76. The number of benzene rings is 2. The summed E-state index contributed by atoms with van der Waals surface area (Å²) >= 11 is 1.81. The minimum absolute atomic E-state index is 0.180. The van der Waals surface area contributed by atoms with E-state index in [1.54, 1.807) is 0 Å². The van der Waals surface area contributed by atoms with Crippen LogP contribution in [0.15, 0.2) is 59.7 Å². The largest absolute Gasteiger partial charge is 0.372 e. The fourth-order valence-electron chi connectivity index (χ4n) is 3.97. The number of hydrogen-bond donors (Lipinski definition) is 0. The molecule has 31 heavy (non-hydrogen) atoms. The number of nitrogens with zero attached hydrogens (tertiary/aromatic N) is 2. The Morgan fingerprint density at radius 2 is 1.03 bits per heavy atom. The lowest BCUT2D eigenvalue weighted by atomic mass is 10.0. The molecule has 0 radical (unpaired) electrons. The quantitative estimate of drug-likeness (QED) is 0.464. The number of carbonyl (C=O) groups is 1. The molecule has 0 N–H and O–H groups in total. The molecule has 1 aliphatic rings. The molecule has 0 atom stereocenters. The van der Waals surface area contributed by atoms with Crippen LogP contribution in [0.5, 0.6) is 0 Å². The number of ketones is 1. The Bertz CT molecular complexity index is 845. The maximum Gasteiger partial charge on any atom is 0.186 e. The van der Waals surface area contributed by atoms with Gasteiger partial charge in [-0.15, -0.1) is 0 Å². The molecule has 1 aliphatic heterocycles. The van der Waals surface area contributed by atoms with Crippen LogP contribution < -0.4 is 9.80 Å². The zero-order chi connectivity index (χ0) is 22.2. The van der Waals surface area contributed by atoms with Gasteiger partial charge in [0, 0.05) is 60.2 Å². The van der Waals surface area contributed by atoms with Crippen molar-refractivity contribution in [1.82, 2.24) is 0 Å². The monoisotopic (exact) mass is 434 g/mol. The average Bonchev–Trinajstić information content (AvgIpc) is 2.80. The third kappa shape index (κ3) is 5.82. The lowest BCUT2D eigenvalue weighted by Crippen LogP contribution is -2.21. The van der Waals surface area contributed by atoms with Gasteiger partial charge in [0.1, 0.15) is 0 Å². The van der Waals surface area contributed by atoms with Gasteiger partial charge in [0.25, 0.3) is 0 Å². The fourth-order valence-corrected chi connectivity index (χ4v) is 4.94. The zero-order valence-electron chi connectivity index (χ0n) is 19.2. The van der Waals surface area contributed by atoms with Gasteiger partial charge in [0.15, 0.2) is 5.78 Å². The molecule has 0 spiro atoms. The molecule has 2 aromatic carbocycles. The van der Waals surface area contributed by atoms with E-state index in [1.807, 2.05) is 11.8 Å². The predicted molar refractivity (Wildman–Crippen MR) is 138 cm³/mol. The molecule has 2 aromatic rings. The van der Waals surface area contributed by atoms with E-state index in [0.717, 1.165) is 60.0 Å². The van der Waals surface area contributed by atoms with Crippen molar-refractivity contribution in [3.63, 3.8) is 0 Å². The van der Waals surface area contributed by atoms with Crippen LogP contribution in [-0.4, -0.2) is 43.5 Å². The molecular weight excluding hydrogens is 400 g/mol. The molecule has 1 heterocycles. The van der Waals surface area contributed by atoms with Crippen LogP contribution in [0.3, 0.4) is 0 Å². The number of Topliss-reactive ketones (excluding diaryl/α,β-unsaturated/α-hetero) is 1. The smallest absolute Gasteiger partial charge is 0.186 e. The van der Waals surface area contributed by atoms with Gasteiger partial charge >= 0.3 is 0 Å². The van der Waals surface area contributed by atoms with E-state index >= 15 is 0 Å². The number of thioether (sulfide) groups is 1. The molecule has 0 amide bonds. The van der Waals surface area contributed by atoms with Crippen molar-refractivity contribution in [2.45, 2.75) is 27.7 Å². The van der Waals surface area contributed by atoms with E-state index in [2.05, 4.69) is 98.2 Å². The number of carbonyl (C=O) groups excluding carboxylic acids is 1. The highest BCUT2D eigenvalue weighted by Gasteiger charge is 2.21. The number of hydrogen-bond acceptors (Lipinski definition) is 4. The van der Waals surface area contributed by atoms with Gasteiger partial charge < -0.3 is 9.80 Å². The minimum Gasteiger partial charge on any atom is -0.372 e. The first-order valence-corrected chi connectivity index (χ1v) is 12.5. The van der Waals surface area contributed by atoms with Crippen molar-refractivity contribution in [2.75, 3.05) is 47.5 Å². The topological polar surface area (TPSA) is 23.6 Å². The summed E-state index contributed by atoms with van der Waals surface area (Å²) in [6, 6.07) is 17.0. The second-order valence-corrected chi connectivity index (χ2v) is 8.67. The van der Waals surface area contributed by atoms with Gasteiger partial charge in [-0.2, -0.15) is 11.8 Å². The van der Waals surface area contributed by atoms with Gasteiger partial charge in [-0.25, -0.2) is 0 Å². The molecule has 0 bridgehead atoms. The molecule has 0 aliphatic carbocycles. The van der Waals surface area contributed by atoms with Gasteiger partial charge in [-0.3, -0.25) is 4.79 Å². The standard InChI is InChI=1S/C27H34N2OS/c1-5-28(6-2)25-13-9-21(10-14-25)17-23-19-31-20-24(27(23)30)18-22-11-15-26(16-12-22)29(7-3)8-4/h9-18H,5-8,19-20H2,1-4H3. The van der Waals surface area contributed by atoms with E-state index in [1.165, 1.54) is 11.4 Å². The maximum atomic E-state index is 13.1. The van der Waals surface area contributed by atoms with Crippen LogP contribution in [0.1, 0.15) is 38.8 Å². The van der Waals surface area contributed by atoms with Crippen LogP contribution >= 0.6 is 11.8 Å². The van der Waals surface area contributed by atoms with Crippen molar-refractivity contribution in [1.29, 1.82) is 0 Å². The Labute approximate surface area is 191 Å². The van der Waals surface area contributed by atoms with Crippen molar-refractivity contribution >= 4 is 41.1 Å². The van der Waals surface area contributed by atoms with Crippen LogP contribution in [0, 0.1) is 0 Å². The predicted octanol–water partition coefficient (Wildman–Crippen LogP) is 6.16. The molecule has 0 aromatic heterocycles. The number of rotatable bonds is 8. The summed E-state index contributed by atoms with van der Waals surface area (Å²) in [5.41, 5.74) is 6.40. The lowest BCUT2D eigenvalue weighted by molar-refractivity contribution is -0.112. The molecule has 3 rings (SSSR count). The second kappa shape index (κ2) is 11.2. The van der Waals surface area contributed by atoms with Gasteiger partial charge in [-0.05, 0) is 75.2 Å². The molecule has 164 valence electrons. The first-order chi connectivity index (χ1) is 15.1. The van der Waals surface area contributed by atoms with Crippen LogP contribution in [0.25, 0.3) is 12.2 Å². The molecular formula is C27H34N2OS. The van der Waals surface area contributed by atoms with Gasteiger partial charge in [-0.1, -0.05) is 24.3 Å². The first kappa shape index (κ1) is 23.2. The van der Waals surface area contributed by atoms with Gasteiger partial charge in [0.05, 0.1) is 0 Å². The summed E-state index contributed by atoms with van der Waals surface area (Å²) in [6.07, 6.45) is 4.11. The third-order valence-electron chi connectivity index (χ3n) is 5.82. The van der Waals surface area contributed by atoms with E-state index in [-0.39, 0.29) is 5.78 Å². The van der Waals surface area contributed by atoms with E-state index in [4.69, 9.17) is 0 Å². The number of anilines is 2. The van der Waals surface area contributed by atoms with Crippen molar-refractivity contribution in [3.8, 4) is 0 Å². The first-order valence-electron chi connectivity index (χ1n) is 11.3. The Morgan fingerprint density at radius 1 is 0.677 bits per heavy atom. The highest BCUT2D eigenvalue weighted by Crippen LogP contribution is 2.28. The van der Waals surface area contributed by atoms with Gasteiger partial charge in [0.2, 0.25) is 0 Å². The maximum absolute atomic E-state index is 13.1. The van der Waals surface area contributed by atoms with Crippen LogP contribution in [0.2, 0.25) is 0 Å². The molecule has 3 nitrogen and oxygen atoms in total. The Morgan fingerprint density at radius 3 is 1.35 bits per heavy atom. The normalized spacial score (nSPS) is 16.7. The Hall–Kier alpha value is -2.46. The summed E-state index contributed by atoms with van der Waals surface area (Å²) in [5, 5.41) is 0. The van der Waals surface area contributed by atoms with E-state index < -0.39 is 0 Å². The van der Waals surface area contributed by atoms with E-state index in [0.29, 0.717) is 0 Å². The third-order valence-corrected chi connectivity index (χ3v) is 6.85. The highest BCUT2D eigenvalue weighted by atomic mass is 32.2. The zero-order valence-corrected chi connectivity index (χ0v) is 20.0.